The SMILES string of the molecule is CCC(=O)c1ccc(-c2sccc2Br)cc1. The third-order valence-electron chi connectivity index (χ3n) is 2.41. The second kappa shape index (κ2) is 4.93. The Morgan fingerprint density at radius 2 is 1.94 bits per heavy atom. The standard InChI is InChI=1S/C13H11BrOS/c1-2-12(15)9-3-5-10(6-4-9)13-11(14)7-8-16-13/h3-8H,2H2,1H3. The van der Waals surface area contributed by atoms with Gasteiger partial charge < -0.3 is 0 Å². The van der Waals surface area contributed by atoms with E-state index in [1.165, 1.54) is 4.88 Å². The molecule has 0 aliphatic heterocycles. The highest BCUT2D eigenvalue weighted by molar-refractivity contribution is 9.10. The van der Waals surface area contributed by atoms with Gasteiger partial charge in [-0.15, -0.1) is 11.3 Å². The number of carbonyl (C=O) groups excluding carboxylic acids is 1. The molecule has 0 bridgehead atoms. The van der Waals surface area contributed by atoms with Crippen LogP contribution < -0.4 is 0 Å². The van der Waals surface area contributed by atoms with Crippen molar-refractivity contribution in [2.75, 3.05) is 0 Å². The summed E-state index contributed by atoms with van der Waals surface area (Å²) in [5, 5.41) is 2.05. The van der Waals surface area contributed by atoms with Crippen LogP contribution in [0.2, 0.25) is 0 Å². The zero-order chi connectivity index (χ0) is 11.5. The lowest BCUT2D eigenvalue weighted by molar-refractivity contribution is 0.0988. The number of benzene rings is 1. The molecule has 1 nitrogen and oxygen atoms in total. The Hall–Kier alpha value is -0.930. The lowest BCUT2D eigenvalue weighted by atomic mass is 10.1. The Morgan fingerprint density at radius 3 is 2.44 bits per heavy atom. The number of hydrogen-bond acceptors (Lipinski definition) is 2. The largest absolute Gasteiger partial charge is 0.294 e. The van der Waals surface area contributed by atoms with Crippen molar-refractivity contribution in [3.8, 4) is 10.4 Å². The molecule has 16 heavy (non-hydrogen) atoms. The summed E-state index contributed by atoms with van der Waals surface area (Å²) < 4.78 is 1.10. The van der Waals surface area contributed by atoms with Gasteiger partial charge in [0, 0.05) is 21.3 Å². The minimum Gasteiger partial charge on any atom is -0.294 e. The van der Waals surface area contributed by atoms with Crippen molar-refractivity contribution in [3.05, 3.63) is 45.7 Å². The first-order valence-electron chi connectivity index (χ1n) is 5.09. The predicted molar refractivity (Wildman–Crippen MR) is 72.1 cm³/mol. The maximum atomic E-state index is 11.5. The van der Waals surface area contributed by atoms with Crippen LogP contribution in [-0.4, -0.2) is 5.78 Å². The number of halogens is 1. The second-order valence-electron chi connectivity index (χ2n) is 3.45. The van der Waals surface area contributed by atoms with E-state index in [9.17, 15) is 4.79 Å². The van der Waals surface area contributed by atoms with Gasteiger partial charge in [0.2, 0.25) is 0 Å². The Bertz CT molecular complexity index is 499. The predicted octanol–water partition coefficient (Wildman–Crippen LogP) is 4.77. The molecule has 2 rings (SSSR count). The van der Waals surface area contributed by atoms with E-state index >= 15 is 0 Å². The average molecular weight is 295 g/mol. The number of rotatable bonds is 3. The van der Waals surface area contributed by atoms with Crippen LogP contribution in [-0.2, 0) is 0 Å². The highest BCUT2D eigenvalue weighted by atomic mass is 79.9. The molecule has 0 atom stereocenters. The molecule has 0 fully saturated rings. The highest BCUT2D eigenvalue weighted by Gasteiger charge is 2.06. The molecule has 0 unspecified atom stereocenters. The minimum absolute atomic E-state index is 0.191. The molecule has 0 radical (unpaired) electrons. The summed E-state index contributed by atoms with van der Waals surface area (Å²) in [5.41, 5.74) is 1.94. The molecule has 0 aliphatic carbocycles. The zero-order valence-electron chi connectivity index (χ0n) is 8.87. The van der Waals surface area contributed by atoms with Gasteiger partial charge in [-0.3, -0.25) is 4.79 Å². The average Bonchev–Trinajstić information content (AvgIpc) is 2.75. The number of thiophene rings is 1. The first-order valence-corrected chi connectivity index (χ1v) is 6.76. The van der Waals surface area contributed by atoms with E-state index in [0.717, 1.165) is 15.6 Å². The van der Waals surface area contributed by atoms with Crippen LogP contribution in [0.25, 0.3) is 10.4 Å². The summed E-state index contributed by atoms with van der Waals surface area (Å²) in [6, 6.07) is 9.82. The minimum atomic E-state index is 0.191. The van der Waals surface area contributed by atoms with Crippen LogP contribution in [0.4, 0.5) is 0 Å². The number of ketones is 1. The van der Waals surface area contributed by atoms with E-state index in [2.05, 4.69) is 15.9 Å². The fraction of sp³-hybridized carbons (Fsp3) is 0.154. The summed E-state index contributed by atoms with van der Waals surface area (Å²) in [4.78, 5) is 12.7. The van der Waals surface area contributed by atoms with Gasteiger partial charge in [-0.25, -0.2) is 0 Å². The molecule has 1 heterocycles. The molecule has 2 aromatic rings. The molecule has 1 aromatic carbocycles. The fourth-order valence-corrected chi connectivity index (χ4v) is 3.12. The summed E-state index contributed by atoms with van der Waals surface area (Å²) in [5.74, 6) is 0.191. The lowest BCUT2D eigenvalue weighted by Gasteiger charge is -2.01. The highest BCUT2D eigenvalue weighted by Crippen LogP contribution is 2.33. The van der Waals surface area contributed by atoms with Crippen molar-refractivity contribution >= 4 is 33.0 Å². The molecule has 1 aromatic heterocycles. The first kappa shape index (κ1) is 11.6. The topological polar surface area (TPSA) is 17.1 Å². The zero-order valence-corrected chi connectivity index (χ0v) is 11.3. The van der Waals surface area contributed by atoms with E-state index in [1.54, 1.807) is 11.3 Å². The van der Waals surface area contributed by atoms with Gasteiger partial charge in [0.25, 0.3) is 0 Å². The van der Waals surface area contributed by atoms with E-state index in [4.69, 9.17) is 0 Å². The Kier molecular flexibility index (Phi) is 3.56. The molecule has 0 amide bonds. The molecular formula is C13H11BrOS. The number of Topliss-reactive ketones (excluding diaryl/α,β-unsaturated/α-hetero) is 1. The van der Waals surface area contributed by atoms with Crippen molar-refractivity contribution in [1.82, 2.24) is 0 Å². The van der Waals surface area contributed by atoms with E-state index in [1.807, 2.05) is 42.6 Å². The normalized spacial score (nSPS) is 10.4. The van der Waals surface area contributed by atoms with Gasteiger partial charge in [-0.05, 0) is 32.9 Å². The van der Waals surface area contributed by atoms with E-state index < -0.39 is 0 Å². The van der Waals surface area contributed by atoms with Gasteiger partial charge in [0.1, 0.15) is 0 Å². The maximum Gasteiger partial charge on any atom is 0.162 e. The lowest BCUT2D eigenvalue weighted by Crippen LogP contribution is -1.95. The third kappa shape index (κ3) is 2.25. The molecule has 3 heteroatoms. The Labute approximate surface area is 107 Å². The summed E-state index contributed by atoms with van der Waals surface area (Å²) >= 11 is 5.20. The van der Waals surface area contributed by atoms with Crippen LogP contribution in [0, 0.1) is 0 Å². The molecule has 0 saturated heterocycles. The summed E-state index contributed by atoms with van der Waals surface area (Å²) in [6.45, 7) is 1.88. The number of hydrogen-bond donors (Lipinski definition) is 0. The van der Waals surface area contributed by atoms with E-state index in [-0.39, 0.29) is 5.78 Å². The second-order valence-corrected chi connectivity index (χ2v) is 5.22. The molecule has 0 aliphatic rings. The van der Waals surface area contributed by atoms with Crippen LogP contribution in [0.3, 0.4) is 0 Å². The Balaban J connectivity index is 2.33. The molecular weight excluding hydrogens is 284 g/mol. The fourth-order valence-electron chi connectivity index (χ4n) is 1.51. The molecule has 82 valence electrons. The molecule has 0 spiro atoms. The van der Waals surface area contributed by atoms with Gasteiger partial charge in [-0.2, -0.15) is 0 Å². The van der Waals surface area contributed by atoms with Crippen LogP contribution in [0.15, 0.2) is 40.2 Å². The Morgan fingerprint density at radius 1 is 1.25 bits per heavy atom. The van der Waals surface area contributed by atoms with Gasteiger partial charge in [0.15, 0.2) is 5.78 Å². The monoisotopic (exact) mass is 294 g/mol. The smallest absolute Gasteiger partial charge is 0.162 e. The number of carbonyl (C=O) groups is 1. The van der Waals surface area contributed by atoms with Gasteiger partial charge in [0.05, 0.1) is 0 Å². The summed E-state index contributed by atoms with van der Waals surface area (Å²) in [7, 11) is 0. The van der Waals surface area contributed by atoms with Gasteiger partial charge >= 0.3 is 0 Å². The third-order valence-corrected chi connectivity index (χ3v) is 4.29. The maximum absolute atomic E-state index is 11.5. The van der Waals surface area contributed by atoms with Gasteiger partial charge in [-0.1, -0.05) is 31.2 Å². The van der Waals surface area contributed by atoms with Crippen molar-refractivity contribution in [2.45, 2.75) is 13.3 Å². The van der Waals surface area contributed by atoms with Crippen LogP contribution in [0.1, 0.15) is 23.7 Å². The van der Waals surface area contributed by atoms with Crippen molar-refractivity contribution in [1.29, 1.82) is 0 Å². The van der Waals surface area contributed by atoms with Crippen molar-refractivity contribution in [3.63, 3.8) is 0 Å². The van der Waals surface area contributed by atoms with Crippen LogP contribution >= 0.6 is 27.3 Å². The summed E-state index contributed by atoms with van der Waals surface area (Å²) in [6.07, 6.45) is 0.558. The van der Waals surface area contributed by atoms with Crippen molar-refractivity contribution in [2.24, 2.45) is 0 Å². The van der Waals surface area contributed by atoms with Crippen LogP contribution in [0.5, 0.6) is 0 Å². The quantitative estimate of drug-likeness (QED) is 0.745. The van der Waals surface area contributed by atoms with Crippen molar-refractivity contribution < 1.29 is 4.79 Å². The molecule has 0 saturated carbocycles. The first-order chi connectivity index (χ1) is 7.72. The van der Waals surface area contributed by atoms with E-state index in [0.29, 0.717) is 6.42 Å². The molecule has 0 N–H and O–H groups in total.